The summed E-state index contributed by atoms with van der Waals surface area (Å²) in [6, 6.07) is 4.64. The largest absolute Gasteiger partial charge is 0.492 e. The molecule has 1 aromatic rings. The van der Waals surface area contributed by atoms with E-state index in [4.69, 9.17) is 15.2 Å². The molecular weight excluding hydrogens is 292 g/mol. The van der Waals surface area contributed by atoms with Crippen LogP contribution >= 0.6 is 0 Å². The van der Waals surface area contributed by atoms with Gasteiger partial charge >= 0.3 is 0 Å². The lowest BCUT2D eigenvalue weighted by Crippen LogP contribution is -2.32. The molecule has 0 amide bonds. The van der Waals surface area contributed by atoms with E-state index in [1.807, 2.05) is 6.92 Å². The van der Waals surface area contributed by atoms with E-state index in [1.165, 1.54) is 6.07 Å². The summed E-state index contributed by atoms with van der Waals surface area (Å²) < 4.78 is 38.2. The molecule has 0 unspecified atom stereocenters. The maximum Gasteiger partial charge on any atom is 0.244 e. The molecule has 21 heavy (non-hydrogen) atoms. The number of nitrogens with one attached hydrogen (secondary N) is 1. The highest BCUT2D eigenvalue weighted by atomic mass is 32.2. The number of benzene rings is 1. The first-order chi connectivity index (χ1) is 10.0. The second-order valence-corrected chi connectivity index (χ2v) is 6.78. The minimum atomic E-state index is -3.63. The summed E-state index contributed by atoms with van der Waals surface area (Å²) in [6.07, 6.45) is 1.75. The van der Waals surface area contributed by atoms with Crippen molar-refractivity contribution < 1.29 is 17.9 Å². The lowest BCUT2D eigenvalue weighted by molar-refractivity contribution is 0.0678. The highest BCUT2D eigenvalue weighted by molar-refractivity contribution is 7.89. The molecule has 118 valence electrons. The number of hydrogen-bond acceptors (Lipinski definition) is 5. The summed E-state index contributed by atoms with van der Waals surface area (Å²) in [5.74, 6) is 0.635. The van der Waals surface area contributed by atoms with Gasteiger partial charge in [0.25, 0.3) is 0 Å². The Morgan fingerprint density at radius 3 is 2.76 bits per heavy atom. The van der Waals surface area contributed by atoms with Crippen LogP contribution in [0.2, 0.25) is 0 Å². The van der Waals surface area contributed by atoms with E-state index in [1.54, 1.807) is 12.1 Å². The van der Waals surface area contributed by atoms with Crippen molar-refractivity contribution in [1.82, 2.24) is 4.72 Å². The van der Waals surface area contributed by atoms with Crippen LogP contribution in [0.4, 0.5) is 5.69 Å². The average molecular weight is 314 g/mol. The zero-order valence-electron chi connectivity index (χ0n) is 12.2. The number of nitrogens with two attached hydrogens (primary N) is 1. The van der Waals surface area contributed by atoms with Crippen LogP contribution in [0.1, 0.15) is 19.8 Å². The second-order valence-electron chi connectivity index (χ2n) is 5.05. The number of ether oxygens (including phenoxy) is 2. The van der Waals surface area contributed by atoms with Crippen LogP contribution in [0.15, 0.2) is 23.1 Å². The highest BCUT2D eigenvalue weighted by Crippen LogP contribution is 2.26. The molecule has 0 aromatic heterocycles. The predicted molar refractivity (Wildman–Crippen MR) is 80.8 cm³/mol. The van der Waals surface area contributed by atoms with Gasteiger partial charge in [0.2, 0.25) is 10.0 Å². The summed E-state index contributed by atoms with van der Waals surface area (Å²) in [5.41, 5.74) is 6.09. The van der Waals surface area contributed by atoms with Gasteiger partial charge in [0, 0.05) is 25.4 Å². The quantitative estimate of drug-likeness (QED) is 0.774. The minimum Gasteiger partial charge on any atom is -0.492 e. The van der Waals surface area contributed by atoms with Crippen LogP contribution in [0.5, 0.6) is 5.75 Å². The Morgan fingerprint density at radius 2 is 2.10 bits per heavy atom. The number of rotatable bonds is 6. The molecule has 0 saturated carbocycles. The van der Waals surface area contributed by atoms with Crippen molar-refractivity contribution in [2.45, 2.75) is 24.7 Å². The Morgan fingerprint density at radius 1 is 1.38 bits per heavy atom. The van der Waals surface area contributed by atoms with Crippen molar-refractivity contribution in [3.05, 3.63) is 18.2 Å². The van der Waals surface area contributed by atoms with Crippen LogP contribution in [0.3, 0.4) is 0 Å². The molecule has 0 spiro atoms. The summed E-state index contributed by atoms with van der Waals surface area (Å²) in [4.78, 5) is 0.0939. The monoisotopic (exact) mass is 314 g/mol. The topological polar surface area (TPSA) is 90.7 Å². The van der Waals surface area contributed by atoms with Crippen molar-refractivity contribution in [2.24, 2.45) is 5.92 Å². The zero-order chi connectivity index (χ0) is 15.3. The SMILES string of the molecule is CCOc1ccc(N)cc1S(=O)(=O)NCC1CCOCC1. The maximum atomic E-state index is 12.4. The van der Waals surface area contributed by atoms with Gasteiger partial charge in [0.15, 0.2) is 0 Å². The van der Waals surface area contributed by atoms with Gasteiger partial charge in [0.1, 0.15) is 10.6 Å². The molecule has 0 aliphatic carbocycles. The Bertz CT molecular complexity index is 568. The van der Waals surface area contributed by atoms with E-state index in [9.17, 15) is 8.42 Å². The molecule has 1 heterocycles. The number of sulfonamides is 1. The molecule has 6 nitrogen and oxygen atoms in total. The molecule has 1 aromatic carbocycles. The smallest absolute Gasteiger partial charge is 0.244 e. The van der Waals surface area contributed by atoms with Crippen molar-refractivity contribution in [3.63, 3.8) is 0 Å². The number of hydrogen-bond donors (Lipinski definition) is 2. The third kappa shape index (κ3) is 4.33. The Balaban J connectivity index is 2.12. The van der Waals surface area contributed by atoms with Crippen LogP contribution in [0, 0.1) is 5.92 Å². The Kier molecular flexibility index (Phi) is 5.44. The predicted octanol–water partition coefficient (Wildman–Crippen LogP) is 1.37. The zero-order valence-corrected chi connectivity index (χ0v) is 13.0. The van der Waals surface area contributed by atoms with Crippen LogP contribution in [0.25, 0.3) is 0 Å². The van der Waals surface area contributed by atoms with E-state index in [2.05, 4.69) is 4.72 Å². The second kappa shape index (κ2) is 7.11. The third-order valence-electron chi connectivity index (χ3n) is 3.46. The molecule has 1 aliphatic rings. The van der Waals surface area contributed by atoms with E-state index < -0.39 is 10.0 Å². The fourth-order valence-corrected chi connectivity index (χ4v) is 3.56. The number of nitrogen functional groups attached to an aromatic ring is 1. The highest BCUT2D eigenvalue weighted by Gasteiger charge is 2.22. The lowest BCUT2D eigenvalue weighted by atomic mass is 10.0. The summed E-state index contributed by atoms with van der Waals surface area (Å²) in [7, 11) is -3.63. The fourth-order valence-electron chi connectivity index (χ4n) is 2.27. The Hall–Kier alpha value is -1.31. The molecule has 0 radical (unpaired) electrons. The van der Waals surface area contributed by atoms with Crippen molar-refractivity contribution in [2.75, 3.05) is 32.1 Å². The van der Waals surface area contributed by atoms with Gasteiger partial charge in [-0.05, 0) is 43.9 Å². The first-order valence-corrected chi connectivity index (χ1v) is 8.61. The van der Waals surface area contributed by atoms with Crippen LogP contribution in [-0.2, 0) is 14.8 Å². The van der Waals surface area contributed by atoms with Crippen molar-refractivity contribution >= 4 is 15.7 Å². The summed E-state index contributed by atoms with van der Waals surface area (Å²) in [6.45, 7) is 3.99. The summed E-state index contributed by atoms with van der Waals surface area (Å²) >= 11 is 0. The van der Waals surface area contributed by atoms with Gasteiger partial charge in [-0.25, -0.2) is 13.1 Å². The van der Waals surface area contributed by atoms with Gasteiger partial charge < -0.3 is 15.2 Å². The summed E-state index contributed by atoms with van der Waals surface area (Å²) in [5, 5.41) is 0. The molecule has 3 N–H and O–H groups in total. The van der Waals surface area contributed by atoms with Crippen molar-refractivity contribution in [3.8, 4) is 5.75 Å². The van der Waals surface area contributed by atoms with Crippen LogP contribution < -0.4 is 15.2 Å². The maximum absolute atomic E-state index is 12.4. The van der Waals surface area contributed by atoms with Gasteiger partial charge in [-0.2, -0.15) is 0 Å². The molecule has 0 atom stereocenters. The van der Waals surface area contributed by atoms with E-state index >= 15 is 0 Å². The molecule has 1 fully saturated rings. The van der Waals surface area contributed by atoms with Gasteiger partial charge in [0.05, 0.1) is 6.61 Å². The van der Waals surface area contributed by atoms with Gasteiger partial charge in [-0.3, -0.25) is 0 Å². The molecule has 2 rings (SSSR count). The van der Waals surface area contributed by atoms with Crippen LogP contribution in [-0.4, -0.2) is 34.8 Å². The third-order valence-corrected chi connectivity index (χ3v) is 4.90. The van der Waals surface area contributed by atoms with Gasteiger partial charge in [-0.1, -0.05) is 0 Å². The average Bonchev–Trinajstić information content (AvgIpc) is 2.48. The molecule has 7 heteroatoms. The standard InChI is InChI=1S/C14H22N2O4S/c1-2-20-13-4-3-12(15)9-14(13)21(17,18)16-10-11-5-7-19-8-6-11/h3-4,9,11,16H,2,5-8,10,15H2,1H3. The number of anilines is 1. The first-order valence-electron chi connectivity index (χ1n) is 7.12. The van der Waals surface area contributed by atoms with E-state index in [0.29, 0.717) is 43.7 Å². The molecule has 0 bridgehead atoms. The van der Waals surface area contributed by atoms with Crippen molar-refractivity contribution in [1.29, 1.82) is 0 Å². The molecule has 1 saturated heterocycles. The normalized spacial score (nSPS) is 16.8. The van der Waals surface area contributed by atoms with E-state index in [-0.39, 0.29) is 4.90 Å². The first kappa shape index (κ1) is 16.1. The Labute approximate surface area is 125 Å². The van der Waals surface area contributed by atoms with E-state index in [0.717, 1.165) is 12.8 Å². The van der Waals surface area contributed by atoms with Gasteiger partial charge in [-0.15, -0.1) is 0 Å². The fraction of sp³-hybridized carbons (Fsp3) is 0.571. The lowest BCUT2D eigenvalue weighted by Gasteiger charge is -2.22. The molecular formula is C14H22N2O4S. The minimum absolute atomic E-state index is 0.0939. The molecule has 1 aliphatic heterocycles.